The summed E-state index contributed by atoms with van der Waals surface area (Å²) in [6, 6.07) is 4.70. The molecule has 0 aromatic carbocycles. The van der Waals surface area contributed by atoms with Crippen LogP contribution in [-0.2, 0) is 0 Å². The molecule has 2 aromatic rings. The molecule has 78 valence electrons. The Kier molecular flexibility index (Phi) is 2.09. The Labute approximate surface area is 89.3 Å². The third-order valence-corrected chi connectivity index (χ3v) is 3.19. The zero-order chi connectivity index (χ0) is 10.1. The van der Waals surface area contributed by atoms with E-state index in [0.717, 1.165) is 5.69 Å². The van der Waals surface area contributed by atoms with Crippen LogP contribution in [0.25, 0.3) is 5.69 Å². The fourth-order valence-corrected chi connectivity index (χ4v) is 2.34. The van der Waals surface area contributed by atoms with Crippen molar-refractivity contribution in [2.45, 2.75) is 31.7 Å². The third-order valence-electron chi connectivity index (χ3n) is 3.19. The van der Waals surface area contributed by atoms with Gasteiger partial charge in [-0.3, -0.25) is 4.68 Å². The van der Waals surface area contributed by atoms with Gasteiger partial charge in [-0.15, -0.1) is 0 Å². The summed E-state index contributed by atoms with van der Waals surface area (Å²) in [6.07, 6.45) is 13.5. The van der Waals surface area contributed by atoms with E-state index >= 15 is 0 Å². The predicted molar refractivity (Wildman–Crippen MR) is 59.1 cm³/mol. The summed E-state index contributed by atoms with van der Waals surface area (Å²) in [5.74, 6) is 0. The van der Waals surface area contributed by atoms with Gasteiger partial charge in [0, 0.05) is 18.6 Å². The second kappa shape index (κ2) is 3.57. The Morgan fingerprint density at radius 1 is 1.13 bits per heavy atom. The van der Waals surface area contributed by atoms with Crippen molar-refractivity contribution in [2.75, 3.05) is 0 Å². The van der Waals surface area contributed by atoms with E-state index in [-0.39, 0.29) is 0 Å². The highest BCUT2D eigenvalue weighted by atomic mass is 15.3. The summed E-state index contributed by atoms with van der Waals surface area (Å²) < 4.78 is 4.22. The molecule has 0 spiro atoms. The van der Waals surface area contributed by atoms with Crippen molar-refractivity contribution < 1.29 is 0 Å². The zero-order valence-electron chi connectivity index (χ0n) is 8.71. The van der Waals surface area contributed by atoms with Crippen LogP contribution in [0.15, 0.2) is 36.9 Å². The molecule has 0 radical (unpaired) electrons. The molecule has 1 aliphatic rings. The quantitative estimate of drug-likeness (QED) is 0.732. The van der Waals surface area contributed by atoms with Gasteiger partial charge in [0.05, 0.1) is 17.9 Å². The van der Waals surface area contributed by atoms with E-state index in [1.165, 1.54) is 25.7 Å². The van der Waals surface area contributed by atoms with E-state index in [0.29, 0.717) is 6.04 Å². The minimum absolute atomic E-state index is 0.634. The van der Waals surface area contributed by atoms with Crippen molar-refractivity contribution in [1.29, 1.82) is 0 Å². The van der Waals surface area contributed by atoms with Crippen LogP contribution in [0.2, 0.25) is 0 Å². The van der Waals surface area contributed by atoms with E-state index < -0.39 is 0 Å². The van der Waals surface area contributed by atoms with Crippen molar-refractivity contribution in [3.05, 3.63) is 36.9 Å². The molecule has 0 atom stereocenters. The maximum atomic E-state index is 4.45. The van der Waals surface area contributed by atoms with Crippen molar-refractivity contribution in [1.82, 2.24) is 14.3 Å². The Morgan fingerprint density at radius 2 is 1.87 bits per heavy atom. The van der Waals surface area contributed by atoms with Crippen molar-refractivity contribution in [3.63, 3.8) is 0 Å². The number of hydrogen-bond acceptors (Lipinski definition) is 1. The van der Waals surface area contributed by atoms with Crippen LogP contribution in [0.3, 0.4) is 0 Å². The van der Waals surface area contributed by atoms with E-state index in [2.05, 4.69) is 32.9 Å². The van der Waals surface area contributed by atoms with E-state index in [1.54, 1.807) is 0 Å². The van der Waals surface area contributed by atoms with E-state index in [4.69, 9.17) is 0 Å². The normalized spacial score (nSPS) is 17.3. The maximum Gasteiger partial charge on any atom is 0.0833 e. The smallest absolute Gasteiger partial charge is 0.0833 e. The molecule has 0 aliphatic heterocycles. The number of hydrogen-bond donors (Lipinski definition) is 0. The Balaban J connectivity index is 1.87. The topological polar surface area (TPSA) is 22.8 Å². The number of aromatic nitrogens is 3. The van der Waals surface area contributed by atoms with Crippen LogP contribution < -0.4 is 0 Å². The highest BCUT2D eigenvalue weighted by molar-refractivity contribution is 5.26. The Hall–Kier alpha value is -1.51. The first kappa shape index (κ1) is 8.77. The minimum Gasteiger partial charge on any atom is -0.321 e. The first-order chi connectivity index (χ1) is 7.43. The molecule has 0 saturated heterocycles. The molecule has 3 nitrogen and oxygen atoms in total. The summed E-state index contributed by atoms with van der Waals surface area (Å²) in [6.45, 7) is 0. The Bertz CT molecular complexity index is 421. The van der Waals surface area contributed by atoms with Gasteiger partial charge < -0.3 is 4.57 Å². The molecule has 0 bridgehead atoms. The lowest BCUT2D eigenvalue weighted by Gasteiger charge is -2.08. The third kappa shape index (κ3) is 1.58. The standard InChI is InChI=1S/C12H15N3/c1-2-6-11(5-1)15-10-12(9-13-15)14-7-3-4-8-14/h3-4,7-11H,1-2,5-6H2. The summed E-state index contributed by atoms with van der Waals surface area (Å²) in [4.78, 5) is 0. The average molecular weight is 201 g/mol. The highest BCUT2D eigenvalue weighted by Crippen LogP contribution is 2.29. The molecule has 0 N–H and O–H groups in total. The van der Waals surface area contributed by atoms with Crippen LogP contribution >= 0.6 is 0 Å². The van der Waals surface area contributed by atoms with Crippen molar-refractivity contribution in [2.24, 2.45) is 0 Å². The summed E-state index contributed by atoms with van der Waals surface area (Å²) in [5, 5.41) is 4.45. The van der Waals surface area contributed by atoms with Crippen LogP contribution in [0.4, 0.5) is 0 Å². The molecule has 2 heterocycles. The van der Waals surface area contributed by atoms with Gasteiger partial charge in [-0.25, -0.2) is 0 Å². The molecule has 15 heavy (non-hydrogen) atoms. The van der Waals surface area contributed by atoms with Gasteiger partial charge in [0.25, 0.3) is 0 Å². The van der Waals surface area contributed by atoms with Gasteiger partial charge in [-0.1, -0.05) is 12.8 Å². The van der Waals surface area contributed by atoms with Crippen LogP contribution in [-0.4, -0.2) is 14.3 Å². The van der Waals surface area contributed by atoms with Gasteiger partial charge in [0.1, 0.15) is 0 Å². The van der Waals surface area contributed by atoms with Crippen LogP contribution in [0, 0.1) is 0 Å². The fraction of sp³-hybridized carbons (Fsp3) is 0.417. The second-order valence-electron chi connectivity index (χ2n) is 4.21. The lowest BCUT2D eigenvalue weighted by atomic mass is 10.3. The monoisotopic (exact) mass is 201 g/mol. The lowest BCUT2D eigenvalue weighted by Crippen LogP contribution is -2.04. The summed E-state index contributed by atoms with van der Waals surface area (Å²) in [7, 11) is 0. The zero-order valence-corrected chi connectivity index (χ0v) is 8.71. The Morgan fingerprint density at radius 3 is 2.60 bits per heavy atom. The second-order valence-corrected chi connectivity index (χ2v) is 4.21. The van der Waals surface area contributed by atoms with Gasteiger partial charge in [0.15, 0.2) is 0 Å². The number of nitrogens with zero attached hydrogens (tertiary/aromatic N) is 3. The molecule has 3 rings (SSSR count). The summed E-state index contributed by atoms with van der Waals surface area (Å²) >= 11 is 0. The summed E-state index contributed by atoms with van der Waals surface area (Å²) in [5.41, 5.74) is 1.16. The molecule has 0 unspecified atom stereocenters. The molecular weight excluding hydrogens is 186 g/mol. The van der Waals surface area contributed by atoms with Crippen molar-refractivity contribution in [3.8, 4) is 5.69 Å². The van der Waals surface area contributed by atoms with Gasteiger partial charge >= 0.3 is 0 Å². The molecular formula is C12H15N3. The molecule has 1 saturated carbocycles. The van der Waals surface area contributed by atoms with Crippen LogP contribution in [0.1, 0.15) is 31.7 Å². The first-order valence-corrected chi connectivity index (χ1v) is 5.61. The SMILES string of the molecule is c1ccn(-c2cnn(C3CCCC3)c2)c1. The average Bonchev–Trinajstić information content (AvgIpc) is 3.02. The molecule has 2 aromatic heterocycles. The fourth-order valence-electron chi connectivity index (χ4n) is 2.34. The highest BCUT2D eigenvalue weighted by Gasteiger charge is 2.17. The molecule has 1 aliphatic carbocycles. The van der Waals surface area contributed by atoms with E-state index in [1.807, 2.05) is 18.3 Å². The van der Waals surface area contributed by atoms with Gasteiger partial charge in [-0.2, -0.15) is 5.10 Å². The lowest BCUT2D eigenvalue weighted by molar-refractivity contribution is 0.467. The van der Waals surface area contributed by atoms with Gasteiger partial charge in [0.2, 0.25) is 0 Å². The maximum absolute atomic E-state index is 4.45. The molecule has 3 heteroatoms. The van der Waals surface area contributed by atoms with Crippen molar-refractivity contribution >= 4 is 0 Å². The van der Waals surface area contributed by atoms with Gasteiger partial charge in [-0.05, 0) is 25.0 Å². The van der Waals surface area contributed by atoms with E-state index in [9.17, 15) is 0 Å². The number of rotatable bonds is 2. The predicted octanol–water partition coefficient (Wildman–Crippen LogP) is 2.79. The largest absolute Gasteiger partial charge is 0.321 e. The molecule has 1 fully saturated rings. The molecule has 0 amide bonds. The first-order valence-electron chi connectivity index (χ1n) is 5.61. The minimum atomic E-state index is 0.634. The van der Waals surface area contributed by atoms with Crippen LogP contribution in [0.5, 0.6) is 0 Å².